The Morgan fingerprint density at radius 2 is 2.05 bits per heavy atom. The van der Waals surface area contributed by atoms with Gasteiger partial charge in [-0.15, -0.1) is 0 Å². The molecular weight excluding hydrogens is 268 g/mol. The molecule has 5 nitrogen and oxygen atoms in total. The van der Waals surface area contributed by atoms with Gasteiger partial charge in [-0.05, 0) is 18.2 Å². The Morgan fingerprint density at radius 1 is 1.25 bits per heavy atom. The van der Waals surface area contributed by atoms with Crippen LogP contribution in [0.5, 0.6) is 0 Å². The van der Waals surface area contributed by atoms with Crippen LogP contribution in [0.3, 0.4) is 0 Å². The van der Waals surface area contributed by atoms with Crippen molar-refractivity contribution in [2.75, 3.05) is 0 Å². The summed E-state index contributed by atoms with van der Waals surface area (Å²) in [6, 6.07) is 4.36. The summed E-state index contributed by atoms with van der Waals surface area (Å²) in [5.41, 5.74) is 0.374. The summed E-state index contributed by atoms with van der Waals surface area (Å²) in [5.74, 6) is -2.54. The van der Waals surface area contributed by atoms with Crippen molar-refractivity contribution in [2.45, 2.75) is 0 Å². The molecule has 2 heterocycles. The number of rotatable bonds is 2. The van der Waals surface area contributed by atoms with Gasteiger partial charge in [-0.25, -0.2) is 23.5 Å². The van der Waals surface area contributed by atoms with Gasteiger partial charge < -0.3 is 10.1 Å². The second-order valence-electron chi connectivity index (χ2n) is 4.07. The minimum absolute atomic E-state index is 0.0173. The van der Waals surface area contributed by atoms with Crippen molar-refractivity contribution in [3.8, 4) is 11.4 Å². The largest absolute Gasteiger partial charge is 0.478 e. The molecule has 2 N–H and O–H groups in total. The van der Waals surface area contributed by atoms with Crippen LogP contribution in [-0.4, -0.2) is 26.0 Å². The van der Waals surface area contributed by atoms with E-state index in [1.807, 2.05) is 0 Å². The van der Waals surface area contributed by atoms with Crippen molar-refractivity contribution in [3.63, 3.8) is 0 Å². The first-order valence-electron chi connectivity index (χ1n) is 5.59. The maximum absolute atomic E-state index is 13.7. The maximum atomic E-state index is 13.7. The highest BCUT2D eigenvalue weighted by atomic mass is 19.1. The number of aromatic amines is 1. The van der Waals surface area contributed by atoms with Gasteiger partial charge in [0.15, 0.2) is 5.65 Å². The number of aromatic nitrogens is 3. The van der Waals surface area contributed by atoms with Gasteiger partial charge in [0.25, 0.3) is 0 Å². The molecule has 0 aliphatic rings. The van der Waals surface area contributed by atoms with Crippen molar-refractivity contribution >= 4 is 17.1 Å². The molecule has 0 spiro atoms. The van der Waals surface area contributed by atoms with Gasteiger partial charge in [-0.1, -0.05) is 0 Å². The lowest BCUT2D eigenvalue weighted by Crippen LogP contribution is -1.97. The zero-order valence-corrected chi connectivity index (χ0v) is 9.89. The number of carboxylic acid groups (broad SMARTS) is 1. The third-order valence-electron chi connectivity index (χ3n) is 2.81. The molecule has 1 aromatic carbocycles. The number of pyridine rings is 1. The summed E-state index contributed by atoms with van der Waals surface area (Å²) in [6.07, 6.45) is 1.30. The van der Waals surface area contributed by atoms with Crippen molar-refractivity contribution in [1.29, 1.82) is 0 Å². The lowest BCUT2D eigenvalue weighted by Gasteiger charge is -1.98. The van der Waals surface area contributed by atoms with E-state index in [0.29, 0.717) is 0 Å². The van der Waals surface area contributed by atoms with Crippen LogP contribution in [0.4, 0.5) is 8.78 Å². The van der Waals surface area contributed by atoms with Crippen LogP contribution >= 0.6 is 0 Å². The van der Waals surface area contributed by atoms with E-state index >= 15 is 0 Å². The van der Waals surface area contributed by atoms with Crippen molar-refractivity contribution in [2.24, 2.45) is 0 Å². The molecule has 0 fully saturated rings. The highest BCUT2D eigenvalue weighted by Gasteiger charge is 2.16. The molecule has 20 heavy (non-hydrogen) atoms. The fourth-order valence-corrected chi connectivity index (χ4v) is 1.90. The van der Waals surface area contributed by atoms with Crippen molar-refractivity contribution < 1.29 is 18.7 Å². The van der Waals surface area contributed by atoms with E-state index in [1.54, 1.807) is 0 Å². The lowest BCUT2D eigenvalue weighted by atomic mass is 10.2. The third-order valence-corrected chi connectivity index (χ3v) is 2.81. The van der Waals surface area contributed by atoms with E-state index < -0.39 is 17.6 Å². The number of nitrogens with zero attached hydrogens (tertiary/aromatic N) is 2. The van der Waals surface area contributed by atoms with E-state index in [-0.39, 0.29) is 28.1 Å². The molecule has 0 aliphatic carbocycles. The molecule has 0 atom stereocenters. The Hall–Kier alpha value is -2.83. The fraction of sp³-hybridized carbons (Fsp3) is 0. The van der Waals surface area contributed by atoms with E-state index in [2.05, 4.69) is 15.0 Å². The predicted octanol–water partition coefficient (Wildman–Crippen LogP) is 2.60. The minimum atomic E-state index is -1.15. The number of carbonyl (C=O) groups is 1. The number of benzene rings is 1. The molecule has 0 amide bonds. The summed E-state index contributed by atoms with van der Waals surface area (Å²) >= 11 is 0. The smallest absolute Gasteiger partial charge is 0.338 e. The highest BCUT2D eigenvalue weighted by molar-refractivity contribution is 6.00. The molecule has 2 aromatic heterocycles. The molecule has 0 aliphatic heterocycles. The van der Waals surface area contributed by atoms with Gasteiger partial charge >= 0.3 is 5.97 Å². The molecule has 0 saturated heterocycles. The van der Waals surface area contributed by atoms with Gasteiger partial charge in [0.05, 0.1) is 16.6 Å². The summed E-state index contributed by atoms with van der Waals surface area (Å²) < 4.78 is 26.6. The van der Waals surface area contributed by atoms with E-state index in [1.165, 1.54) is 18.3 Å². The molecule has 3 aromatic rings. The van der Waals surface area contributed by atoms with Crippen LogP contribution < -0.4 is 0 Å². The SMILES string of the molecule is O=C(O)c1ccnc2nc(-c3ccc(F)cc3F)[nH]c12. The van der Waals surface area contributed by atoms with E-state index in [9.17, 15) is 13.6 Å². The topological polar surface area (TPSA) is 78.9 Å². The Labute approximate surface area is 110 Å². The van der Waals surface area contributed by atoms with Gasteiger partial charge in [0, 0.05) is 12.3 Å². The van der Waals surface area contributed by atoms with Gasteiger partial charge in [-0.2, -0.15) is 0 Å². The van der Waals surface area contributed by atoms with Gasteiger partial charge in [0.2, 0.25) is 0 Å². The van der Waals surface area contributed by atoms with Gasteiger partial charge in [-0.3, -0.25) is 0 Å². The Balaban J connectivity index is 2.23. The molecule has 0 bridgehead atoms. The van der Waals surface area contributed by atoms with Crippen LogP contribution in [0.2, 0.25) is 0 Å². The predicted molar refractivity (Wildman–Crippen MR) is 66.2 cm³/mol. The Bertz CT molecular complexity index is 830. The number of nitrogens with one attached hydrogen (secondary N) is 1. The second kappa shape index (κ2) is 4.37. The van der Waals surface area contributed by atoms with Crippen molar-refractivity contribution in [1.82, 2.24) is 15.0 Å². The van der Waals surface area contributed by atoms with E-state index in [4.69, 9.17) is 5.11 Å². The third kappa shape index (κ3) is 1.89. The molecule has 100 valence electrons. The number of hydrogen-bond acceptors (Lipinski definition) is 3. The number of fused-ring (bicyclic) bond motifs is 1. The molecular formula is C13H7F2N3O2. The number of imidazole rings is 1. The number of halogens is 2. The van der Waals surface area contributed by atoms with Crippen LogP contribution in [0.15, 0.2) is 30.5 Å². The van der Waals surface area contributed by atoms with Crippen LogP contribution in [-0.2, 0) is 0 Å². The first kappa shape index (κ1) is 12.2. The molecule has 0 unspecified atom stereocenters. The first-order valence-corrected chi connectivity index (χ1v) is 5.59. The zero-order chi connectivity index (χ0) is 14.3. The molecule has 0 saturated carbocycles. The molecule has 0 radical (unpaired) electrons. The average molecular weight is 275 g/mol. The Kier molecular flexibility index (Phi) is 2.67. The second-order valence-corrected chi connectivity index (χ2v) is 4.07. The van der Waals surface area contributed by atoms with Crippen LogP contribution in [0, 0.1) is 11.6 Å². The number of aromatic carboxylic acids is 1. The highest BCUT2D eigenvalue weighted by Crippen LogP contribution is 2.24. The number of H-pyrrole nitrogens is 1. The fourth-order valence-electron chi connectivity index (χ4n) is 1.90. The summed E-state index contributed by atoms with van der Waals surface area (Å²) in [5, 5.41) is 9.05. The number of carboxylic acids is 1. The number of hydrogen-bond donors (Lipinski definition) is 2. The van der Waals surface area contributed by atoms with Crippen LogP contribution in [0.1, 0.15) is 10.4 Å². The molecule has 3 rings (SSSR count). The first-order chi connectivity index (χ1) is 9.56. The normalized spacial score (nSPS) is 10.9. The van der Waals surface area contributed by atoms with E-state index in [0.717, 1.165) is 12.1 Å². The standard InChI is InChI=1S/C13H7F2N3O2/c14-6-1-2-7(9(15)5-6)11-17-10-8(13(19)20)3-4-16-12(10)18-11/h1-5H,(H,19,20)(H,16,17,18). The summed E-state index contributed by atoms with van der Waals surface area (Å²) in [7, 11) is 0. The monoisotopic (exact) mass is 275 g/mol. The maximum Gasteiger partial charge on any atom is 0.338 e. The average Bonchev–Trinajstić information content (AvgIpc) is 2.81. The summed E-state index contributed by atoms with van der Waals surface area (Å²) in [6.45, 7) is 0. The molecule has 7 heteroatoms. The zero-order valence-electron chi connectivity index (χ0n) is 9.89. The van der Waals surface area contributed by atoms with Crippen LogP contribution in [0.25, 0.3) is 22.6 Å². The van der Waals surface area contributed by atoms with Crippen molar-refractivity contribution in [3.05, 3.63) is 47.7 Å². The Morgan fingerprint density at radius 3 is 2.75 bits per heavy atom. The summed E-state index contributed by atoms with van der Waals surface area (Å²) in [4.78, 5) is 21.7. The lowest BCUT2D eigenvalue weighted by molar-refractivity contribution is 0.0698. The van der Waals surface area contributed by atoms with Gasteiger partial charge in [0.1, 0.15) is 17.5 Å². The minimum Gasteiger partial charge on any atom is -0.478 e. The quantitative estimate of drug-likeness (QED) is 0.753.